The molecule has 2 aromatic rings. The number of fused-ring (bicyclic) bond motifs is 1. The van der Waals surface area contributed by atoms with E-state index in [4.69, 9.17) is 5.73 Å². The van der Waals surface area contributed by atoms with E-state index in [0.717, 1.165) is 12.1 Å². The van der Waals surface area contributed by atoms with Gasteiger partial charge in [0, 0.05) is 24.2 Å². The quantitative estimate of drug-likeness (QED) is 0.796. The number of hydrogen-bond donors (Lipinski definition) is 2. The number of carbonyl (C=O) groups excluding carboxylic acids is 1. The van der Waals surface area contributed by atoms with Gasteiger partial charge in [0.05, 0.1) is 22.5 Å². The number of halogens is 3. The number of nitrogens with zero attached hydrogens (tertiary/aromatic N) is 1. The summed E-state index contributed by atoms with van der Waals surface area (Å²) in [6, 6.07) is 6.37. The fourth-order valence-corrected chi connectivity index (χ4v) is 2.41. The molecule has 7 heteroatoms. The molecule has 1 aromatic heterocycles. The molecule has 0 radical (unpaired) electrons. The van der Waals surface area contributed by atoms with E-state index in [1.54, 1.807) is 12.1 Å². The van der Waals surface area contributed by atoms with Crippen LogP contribution in [0.5, 0.6) is 0 Å². The van der Waals surface area contributed by atoms with Gasteiger partial charge < -0.3 is 11.1 Å². The molecule has 0 bridgehead atoms. The maximum atomic E-state index is 12.7. The van der Waals surface area contributed by atoms with Crippen LogP contribution in [0, 0.1) is 0 Å². The fourth-order valence-electron chi connectivity index (χ4n) is 2.41. The number of aromatic nitrogens is 1. The SMILES string of the molecule is Nc1cc(C(F)(F)F)ccc1-c1ccc2c(n1)CCNC2=O. The molecule has 1 aliphatic rings. The van der Waals surface area contributed by atoms with Crippen molar-refractivity contribution in [3.63, 3.8) is 0 Å². The van der Waals surface area contributed by atoms with Gasteiger partial charge in [-0.1, -0.05) is 6.07 Å². The van der Waals surface area contributed by atoms with E-state index >= 15 is 0 Å². The normalized spacial score (nSPS) is 14.4. The summed E-state index contributed by atoms with van der Waals surface area (Å²) in [6.07, 6.45) is -3.86. The summed E-state index contributed by atoms with van der Waals surface area (Å²) < 4.78 is 38.0. The van der Waals surface area contributed by atoms with Gasteiger partial charge in [0.1, 0.15) is 0 Å². The number of nitrogens with one attached hydrogen (secondary N) is 1. The molecule has 0 atom stereocenters. The highest BCUT2D eigenvalue weighted by Crippen LogP contribution is 2.34. The van der Waals surface area contributed by atoms with Crippen molar-refractivity contribution in [1.82, 2.24) is 10.3 Å². The number of benzene rings is 1. The van der Waals surface area contributed by atoms with Crippen molar-refractivity contribution < 1.29 is 18.0 Å². The van der Waals surface area contributed by atoms with Crippen LogP contribution in [0.25, 0.3) is 11.3 Å². The second kappa shape index (κ2) is 5.01. The lowest BCUT2D eigenvalue weighted by Gasteiger charge is -2.17. The Morgan fingerprint density at radius 1 is 1.14 bits per heavy atom. The standard InChI is InChI=1S/C15H12F3N3O/c16-15(17,18)8-1-2-9(11(19)7-8)12-4-3-10-13(21-12)5-6-20-14(10)22/h1-4,7H,5-6,19H2,(H,20,22). The average molecular weight is 307 g/mol. The zero-order valence-electron chi connectivity index (χ0n) is 11.4. The molecule has 0 spiro atoms. The van der Waals surface area contributed by atoms with Crippen molar-refractivity contribution in [3.05, 3.63) is 47.2 Å². The van der Waals surface area contributed by atoms with Crippen LogP contribution in [-0.2, 0) is 12.6 Å². The van der Waals surface area contributed by atoms with Gasteiger partial charge in [0.2, 0.25) is 0 Å². The minimum Gasteiger partial charge on any atom is -0.398 e. The Kier molecular flexibility index (Phi) is 3.27. The monoisotopic (exact) mass is 307 g/mol. The molecule has 4 nitrogen and oxygen atoms in total. The molecule has 0 saturated heterocycles. The number of amides is 1. The maximum absolute atomic E-state index is 12.7. The zero-order chi connectivity index (χ0) is 15.9. The van der Waals surface area contributed by atoms with Crippen LogP contribution in [-0.4, -0.2) is 17.4 Å². The van der Waals surface area contributed by atoms with Crippen molar-refractivity contribution in [2.24, 2.45) is 0 Å². The van der Waals surface area contributed by atoms with Crippen LogP contribution in [0.1, 0.15) is 21.6 Å². The smallest absolute Gasteiger partial charge is 0.398 e. The van der Waals surface area contributed by atoms with Crippen LogP contribution in [0.2, 0.25) is 0 Å². The number of nitrogen functional groups attached to an aromatic ring is 1. The van der Waals surface area contributed by atoms with Gasteiger partial charge >= 0.3 is 6.18 Å². The van der Waals surface area contributed by atoms with E-state index in [-0.39, 0.29) is 11.6 Å². The summed E-state index contributed by atoms with van der Waals surface area (Å²) in [6.45, 7) is 0.491. The van der Waals surface area contributed by atoms with Gasteiger partial charge in [0.25, 0.3) is 5.91 Å². The van der Waals surface area contributed by atoms with E-state index in [1.165, 1.54) is 6.07 Å². The molecule has 1 aliphatic heterocycles. The zero-order valence-corrected chi connectivity index (χ0v) is 11.4. The summed E-state index contributed by atoms with van der Waals surface area (Å²) in [5, 5.41) is 2.70. The van der Waals surface area contributed by atoms with Crippen molar-refractivity contribution in [2.45, 2.75) is 12.6 Å². The van der Waals surface area contributed by atoms with E-state index in [0.29, 0.717) is 35.5 Å². The predicted octanol–water partition coefficient (Wildman–Crippen LogP) is 2.64. The number of alkyl halides is 3. The molecule has 3 rings (SSSR count). The lowest BCUT2D eigenvalue weighted by molar-refractivity contribution is -0.137. The van der Waals surface area contributed by atoms with E-state index in [1.807, 2.05) is 0 Å². The predicted molar refractivity (Wildman–Crippen MR) is 75.1 cm³/mol. The van der Waals surface area contributed by atoms with Crippen LogP contribution in [0.3, 0.4) is 0 Å². The van der Waals surface area contributed by atoms with Gasteiger partial charge in [0.15, 0.2) is 0 Å². The number of pyridine rings is 1. The molecular weight excluding hydrogens is 295 g/mol. The lowest BCUT2D eigenvalue weighted by atomic mass is 10.0. The van der Waals surface area contributed by atoms with Gasteiger partial charge in [-0.3, -0.25) is 9.78 Å². The molecule has 1 amide bonds. The van der Waals surface area contributed by atoms with Gasteiger partial charge in [-0.05, 0) is 24.3 Å². The number of rotatable bonds is 1. The Balaban J connectivity index is 2.03. The first-order chi connectivity index (χ1) is 10.4. The van der Waals surface area contributed by atoms with E-state index in [2.05, 4.69) is 10.3 Å². The molecule has 1 aromatic carbocycles. The lowest BCUT2D eigenvalue weighted by Crippen LogP contribution is -2.32. The summed E-state index contributed by atoms with van der Waals surface area (Å²) in [7, 11) is 0. The van der Waals surface area contributed by atoms with Crippen molar-refractivity contribution >= 4 is 11.6 Å². The Morgan fingerprint density at radius 2 is 1.86 bits per heavy atom. The first-order valence-electron chi connectivity index (χ1n) is 6.61. The van der Waals surface area contributed by atoms with Crippen LogP contribution < -0.4 is 11.1 Å². The number of nitrogens with two attached hydrogens (primary N) is 1. The van der Waals surface area contributed by atoms with Gasteiger partial charge in [-0.2, -0.15) is 13.2 Å². The highest BCUT2D eigenvalue weighted by atomic mass is 19.4. The first kappa shape index (κ1) is 14.4. The van der Waals surface area contributed by atoms with Crippen molar-refractivity contribution in [1.29, 1.82) is 0 Å². The molecule has 114 valence electrons. The van der Waals surface area contributed by atoms with Crippen LogP contribution >= 0.6 is 0 Å². The highest BCUT2D eigenvalue weighted by Gasteiger charge is 2.31. The fraction of sp³-hybridized carbons (Fsp3) is 0.200. The van der Waals surface area contributed by atoms with Crippen molar-refractivity contribution in [3.8, 4) is 11.3 Å². The van der Waals surface area contributed by atoms with Crippen LogP contribution in [0.15, 0.2) is 30.3 Å². The molecule has 22 heavy (non-hydrogen) atoms. The molecule has 0 unspecified atom stereocenters. The number of anilines is 1. The van der Waals surface area contributed by atoms with Crippen molar-refractivity contribution in [2.75, 3.05) is 12.3 Å². The van der Waals surface area contributed by atoms with E-state index < -0.39 is 11.7 Å². The Bertz CT molecular complexity index is 756. The third kappa shape index (κ3) is 2.49. The third-order valence-corrected chi connectivity index (χ3v) is 3.52. The first-order valence-corrected chi connectivity index (χ1v) is 6.61. The molecule has 0 saturated carbocycles. The van der Waals surface area contributed by atoms with Gasteiger partial charge in [-0.25, -0.2) is 0 Å². The summed E-state index contributed by atoms with van der Waals surface area (Å²) in [4.78, 5) is 16.0. The summed E-state index contributed by atoms with van der Waals surface area (Å²) in [5.41, 5.74) is 6.93. The largest absolute Gasteiger partial charge is 0.416 e. The van der Waals surface area contributed by atoms with Crippen LogP contribution in [0.4, 0.5) is 18.9 Å². The minimum atomic E-state index is -4.44. The van der Waals surface area contributed by atoms with E-state index in [9.17, 15) is 18.0 Å². The average Bonchev–Trinajstić information content (AvgIpc) is 2.46. The molecule has 0 aliphatic carbocycles. The Hall–Kier alpha value is -2.57. The molecular formula is C15H12F3N3O. The Morgan fingerprint density at radius 3 is 2.55 bits per heavy atom. The highest BCUT2D eigenvalue weighted by molar-refractivity contribution is 5.96. The second-order valence-corrected chi connectivity index (χ2v) is 5.00. The number of carbonyl (C=O) groups is 1. The topological polar surface area (TPSA) is 68.0 Å². The maximum Gasteiger partial charge on any atom is 0.416 e. The minimum absolute atomic E-state index is 0.00235. The van der Waals surface area contributed by atoms with Gasteiger partial charge in [-0.15, -0.1) is 0 Å². The third-order valence-electron chi connectivity index (χ3n) is 3.52. The molecule has 3 N–H and O–H groups in total. The summed E-state index contributed by atoms with van der Waals surface area (Å²) in [5.74, 6) is -0.194. The molecule has 2 heterocycles. The summed E-state index contributed by atoms with van der Waals surface area (Å²) >= 11 is 0. The number of hydrogen-bond acceptors (Lipinski definition) is 3. The molecule has 0 fully saturated rings. The Labute approximate surface area is 124 Å². The second-order valence-electron chi connectivity index (χ2n) is 5.00.